The van der Waals surface area contributed by atoms with Crippen LogP contribution in [0.4, 0.5) is 0 Å². The third-order valence-electron chi connectivity index (χ3n) is 4.14. The Morgan fingerprint density at radius 2 is 2.09 bits per heavy atom. The van der Waals surface area contributed by atoms with Crippen molar-refractivity contribution in [2.24, 2.45) is 0 Å². The predicted molar refractivity (Wildman–Crippen MR) is 90.9 cm³/mol. The molecule has 3 atom stereocenters. The van der Waals surface area contributed by atoms with Crippen LogP contribution in [0.1, 0.15) is 18.5 Å². The van der Waals surface area contributed by atoms with E-state index in [-0.39, 0.29) is 0 Å². The lowest BCUT2D eigenvalue weighted by Gasteiger charge is -2.40. The highest BCUT2D eigenvalue weighted by Crippen LogP contribution is 2.35. The maximum absolute atomic E-state index is 10.4. The van der Waals surface area contributed by atoms with Crippen LogP contribution < -0.4 is 0 Å². The minimum absolute atomic E-state index is 0.368. The molecular weight excluding hydrogens is 294 g/mol. The van der Waals surface area contributed by atoms with Gasteiger partial charge in [0.05, 0.1) is 12.6 Å². The van der Waals surface area contributed by atoms with Crippen molar-refractivity contribution in [2.45, 2.75) is 30.9 Å². The molecule has 0 aliphatic carbocycles. The van der Waals surface area contributed by atoms with E-state index >= 15 is 0 Å². The zero-order valence-corrected chi connectivity index (χ0v) is 13.7. The molecule has 0 radical (unpaired) electrons. The lowest BCUT2D eigenvalue weighted by Crippen LogP contribution is -2.44. The average molecular weight is 317 g/mol. The second-order valence-corrected chi connectivity index (χ2v) is 7.29. The molecular formula is C17H23N3OS. The zero-order valence-electron chi connectivity index (χ0n) is 12.9. The number of β-amino-alcohol motifs (C(OH)–C–C–N with tert-alkyl or cyclic N) is 1. The fraction of sp³-hybridized carbons (Fsp3) is 0.471. The molecule has 1 aliphatic rings. The van der Waals surface area contributed by atoms with Gasteiger partial charge in [-0.15, -0.1) is 0 Å². The standard InChI is InChI=1S/C17H23N3OS/c1-14-17(15-6-3-2-4-7-15)19(10-11-22-14)12-16(21)13-20-9-5-8-18-20/h2-9,14,16-17,21H,10-13H2,1H3. The molecule has 1 aliphatic heterocycles. The van der Waals surface area contributed by atoms with Crippen LogP contribution in [0.2, 0.25) is 0 Å². The number of rotatable bonds is 5. The summed E-state index contributed by atoms with van der Waals surface area (Å²) < 4.78 is 1.80. The summed E-state index contributed by atoms with van der Waals surface area (Å²) in [7, 11) is 0. The van der Waals surface area contributed by atoms with E-state index < -0.39 is 6.10 Å². The molecule has 0 saturated carbocycles. The van der Waals surface area contributed by atoms with Gasteiger partial charge in [0.15, 0.2) is 0 Å². The molecule has 0 bridgehead atoms. The highest BCUT2D eigenvalue weighted by molar-refractivity contribution is 8.00. The third-order valence-corrected chi connectivity index (χ3v) is 5.34. The van der Waals surface area contributed by atoms with Crippen LogP contribution in [0.15, 0.2) is 48.8 Å². The summed E-state index contributed by atoms with van der Waals surface area (Å²) >= 11 is 2.02. The van der Waals surface area contributed by atoms with E-state index in [9.17, 15) is 5.11 Å². The number of aliphatic hydroxyl groups is 1. The van der Waals surface area contributed by atoms with Crippen LogP contribution in [-0.4, -0.2) is 50.0 Å². The van der Waals surface area contributed by atoms with E-state index in [1.54, 1.807) is 10.9 Å². The Kier molecular flexibility index (Phi) is 5.18. The summed E-state index contributed by atoms with van der Waals surface area (Å²) in [6, 6.07) is 12.9. The minimum Gasteiger partial charge on any atom is -0.390 e. The van der Waals surface area contributed by atoms with E-state index in [1.807, 2.05) is 24.0 Å². The van der Waals surface area contributed by atoms with Crippen LogP contribution in [0.25, 0.3) is 0 Å². The van der Waals surface area contributed by atoms with Gasteiger partial charge in [0, 0.05) is 42.5 Å². The number of aromatic nitrogens is 2. The molecule has 2 heterocycles. The van der Waals surface area contributed by atoms with Crippen molar-refractivity contribution in [1.29, 1.82) is 0 Å². The van der Waals surface area contributed by atoms with Gasteiger partial charge in [-0.3, -0.25) is 9.58 Å². The SMILES string of the molecule is CC1SCCN(CC(O)Cn2cccn2)C1c1ccccc1. The van der Waals surface area contributed by atoms with Crippen molar-refractivity contribution < 1.29 is 5.11 Å². The first kappa shape index (κ1) is 15.6. The molecule has 0 spiro atoms. The first-order chi connectivity index (χ1) is 10.7. The maximum Gasteiger partial charge on any atom is 0.0862 e. The van der Waals surface area contributed by atoms with Gasteiger partial charge in [-0.25, -0.2) is 0 Å². The topological polar surface area (TPSA) is 41.3 Å². The van der Waals surface area contributed by atoms with E-state index in [4.69, 9.17) is 0 Å². The zero-order chi connectivity index (χ0) is 15.4. The summed E-state index contributed by atoms with van der Waals surface area (Å²) in [5.41, 5.74) is 1.34. The molecule has 22 heavy (non-hydrogen) atoms. The molecule has 4 nitrogen and oxygen atoms in total. The Balaban J connectivity index is 1.69. The normalized spacial score (nSPS) is 24.3. The summed E-state index contributed by atoms with van der Waals surface area (Å²) in [6.45, 7) is 4.54. The Labute approximate surface area is 136 Å². The van der Waals surface area contributed by atoms with Crippen molar-refractivity contribution in [3.8, 4) is 0 Å². The number of benzene rings is 1. The summed E-state index contributed by atoms with van der Waals surface area (Å²) in [5.74, 6) is 1.12. The summed E-state index contributed by atoms with van der Waals surface area (Å²) in [5, 5.41) is 15.1. The maximum atomic E-state index is 10.4. The highest BCUT2D eigenvalue weighted by Gasteiger charge is 2.31. The molecule has 1 aromatic heterocycles. The second-order valence-electron chi connectivity index (χ2n) is 5.81. The van der Waals surface area contributed by atoms with Gasteiger partial charge in [-0.1, -0.05) is 37.3 Å². The molecule has 2 aromatic rings. The molecule has 1 fully saturated rings. The molecule has 3 rings (SSSR count). The Bertz CT molecular complexity index is 561. The lowest BCUT2D eigenvalue weighted by molar-refractivity contribution is 0.0738. The first-order valence-electron chi connectivity index (χ1n) is 7.80. The van der Waals surface area contributed by atoms with E-state index in [2.05, 4.69) is 47.3 Å². The number of aliphatic hydroxyl groups excluding tert-OH is 1. The van der Waals surface area contributed by atoms with Crippen molar-refractivity contribution in [1.82, 2.24) is 14.7 Å². The molecule has 3 unspecified atom stereocenters. The van der Waals surface area contributed by atoms with Crippen molar-refractivity contribution >= 4 is 11.8 Å². The summed E-state index contributed by atoms with van der Waals surface area (Å²) in [6.07, 6.45) is 3.24. The highest BCUT2D eigenvalue weighted by atomic mass is 32.2. The fourth-order valence-corrected chi connectivity index (χ4v) is 4.40. The third kappa shape index (κ3) is 3.72. The van der Waals surface area contributed by atoms with Crippen molar-refractivity contribution in [2.75, 3.05) is 18.8 Å². The van der Waals surface area contributed by atoms with Gasteiger partial charge in [0.2, 0.25) is 0 Å². The first-order valence-corrected chi connectivity index (χ1v) is 8.85. The van der Waals surface area contributed by atoms with Gasteiger partial charge < -0.3 is 5.11 Å². The van der Waals surface area contributed by atoms with Crippen LogP contribution in [0, 0.1) is 0 Å². The van der Waals surface area contributed by atoms with E-state index in [1.165, 1.54) is 5.56 Å². The molecule has 5 heteroatoms. The fourth-order valence-electron chi connectivity index (χ4n) is 3.17. The van der Waals surface area contributed by atoms with Crippen LogP contribution >= 0.6 is 11.8 Å². The quantitative estimate of drug-likeness (QED) is 0.919. The largest absolute Gasteiger partial charge is 0.390 e. The predicted octanol–water partition coefficient (Wildman–Crippen LogP) is 2.42. The van der Waals surface area contributed by atoms with Crippen molar-refractivity contribution in [3.63, 3.8) is 0 Å². The van der Waals surface area contributed by atoms with Gasteiger partial charge in [-0.05, 0) is 11.6 Å². The van der Waals surface area contributed by atoms with Crippen LogP contribution in [0.5, 0.6) is 0 Å². The number of thioether (sulfide) groups is 1. The molecule has 1 aromatic carbocycles. The monoisotopic (exact) mass is 317 g/mol. The van der Waals surface area contributed by atoms with Crippen molar-refractivity contribution in [3.05, 3.63) is 54.4 Å². The number of nitrogens with zero attached hydrogens (tertiary/aromatic N) is 3. The molecule has 118 valence electrons. The van der Waals surface area contributed by atoms with Gasteiger partial charge in [0.1, 0.15) is 0 Å². The number of hydrogen-bond donors (Lipinski definition) is 1. The van der Waals surface area contributed by atoms with Crippen LogP contribution in [-0.2, 0) is 6.54 Å². The van der Waals surface area contributed by atoms with Gasteiger partial charge in [0.25, 0.3) is 0 Å². The Morgan fingerprint density at radius 1 is 1.27 bits per heavy atom. The summed E-state index contributed by atoms with van der Waals surface area (Å²) in [4.78, 5) is 2.42. The Hall–Kier alpha value is -1.30. The average Bonchev–Trinajstić information content (AvgIpc) is 3.01. The second kappa shape index (κ2) is 7.31. The Morgan fingerprint density at radius 3 is 2.82 bits per heavy atom. The van der Waals surface area contributed by atoms with Crippen LogP contribution in [0.3, 0.4) is 0 Å². The van der Waals surface area contributed by atoms with Gasteiger partial charge >= 0.3 is 0 Å². The minimum atomic E-state index is -0.401. The smallest absolute Gasteiger partial charge is 0.0862 e. The van der Waals surface area contributed by atoms with E-state index in [0.29, 0.717) is 24.4 Å². The molecule has 0 amide bonds. The molecule has 1 saturated heterocycles. The number of hydrogen-bond acceptors (Lipinski definition) is 4. The van der Waals surface area contributed by atoms with Gasteiger partial charge in [-0.2, -0.15) is 16.9 Å². The van der Waals surface area contributed by atoms with E-state index in [0.717, 1.165) is 12.3 Å². The molecule has 1 N–H and O–H groups in total. The lowest BCUT2D eigenvalue weighted by atomic mass is 10.0.